The third kappa shape index (κ3) is 3.80. The predicted octanol–water partition coefficient (Wildman–Crippen LogP) is 4.03. The van der Waals surface area contributed by atoms with E-state index in [1.165, 1.54) is 36.0 Å². The molecule has 6 nitrogen and oxygen atoms in total. The molecule has 8 heteroatoms. The molecule has 0 unspecified atom stereocenters. The Labute approximate surface area is 154 Å². The summed E-state index contributed by atoms with van der Waals surface area (Å²) in [6.07, 6.45) is 2.22. The van der Waals surface area contributed by atoms with Crippen molar-refractivity contribution in [3.63, 3.8) is 0 Å². The average molecular weight is 374 g/mol. The Morgan fingerprint density at radius 2 is 2.04 bits per heavy atom. The van der Waals surface area contributed by atoms with Gasteiger partial charge in [-0.05, 0) is 43.7 Å². The van der Waals surface area contributed by atoms with Crippen LogP contribution in [0.25, 0.3) is 11.4 Å². The van der Waals surface area contributed by atoms with E-state index in [0.717, 1.165) is 11.3 Å². The quantitative estimate of drug-likeness (QED) is 0.660. The normalized spacial score (nSPS) is 12.2. The van der Waals surface area contributed by atoms with Crippen molar-refractivity contribution in [3.8, 4) is 11.4 Å². The minimum absolute atomic E-state index is 0.159. The number of carbonyl (C=O) groups excluding carboxylic acids is 1. The first-order valence-electron chi connectivity index (χ1n) is 8.16. The molecule has 0 bridgehead atoms. The number of nitrogens with one attached hydrogen (secondary N) is 1. The van der Waals surface area contributed by atoms with E-state index in [4.69, 9.17) is 4.42 Å². The fraction of sp³-hybridized carbons (Fsp3) is 0.278. The van der Waals surface area contributed by atoms with Crippen LogP contribution in [0.4, 0.5) is 10.1 Å². The summed E-state index contributed by atoms with van der Waals surface area (Å²) in [5, 5.41) is 11.5. The number of aryl methyl sites for hydroxylation is 1. The number of hydrogen-bond donors (Lipinski definition) is 1. The van der Waals surface area contributed by atoms with Crippen LogP contribution in [0.5, 0.6) is 0 Å². The number of anilines is 1. The van der Waals surface area contributed by atoms with Crippen LogP contribution in [0.2, 0.25) is 0 Å². The van der Waals surface area contributed by atoms with Crippen molar-refractivity contribution in [1.29, 1.82) is 0 Å². The van der Waals surface area contributed by atoms with Gasteiger partial charge >= 0.3 is 0 Å². The molecule has 1 N–H and O–H groups in total. The van der Waals surface area contributed by atoms with Gasteiger partial charge in [0.2, 0.25) is 5.91 Å². The van der Waals surface area contributed by atoms with Gasteiger partial charge < -0.3 is 14.3 Å². The second-order valence-corrected chi connectivity index (χ2v) is 6.94. The van der Waals surface area contributed by atoms with Crippen molar-refractivity contribution in [3.05, 3.63) is 48.2 Å². The van der Waals surface area contributed by atoms with Crippen LogP contribution in [-0.4, -0.2) is 25.9 Å². The standard InChI is InChI=1S/C18H19FN4O2S/c1-4-15(17(24)20-13-7-5-12(19)6-8-13)26-18-22-21-16(23(18)3)14-9-10-25-11(14)2/h5-10,15H,4H2,1-3H3,(H,20,24)/t15-/m0/s1. The van der Waals surface area contributed by atoms with Crippen LogP contribution in [0.3, 0.4) is 0 Å². The van der Waals surface area contributed by atoms with E-state index in [2.05, 4.69) is 15.5 Å². The largest absolute Gasteiger partial charge is 0.469 e. The Morgan fingerprint density at radius 1 is 1.31 bits per heavy atom. The predicted molar refractivity (Wildman–Crippen MR) is 98.4 cm³/mol. The van der Waals surface area contributed by atoms with E-state index in [0.29, 0.717) is 23.1 Å². The molecule has 0 aliphatic heterocycles. The maximum absolute atomic E-state index is 13.0. The number of halogens is 1. The van der Waals surface area contributed by atoms with E-state index < -0.39 is 0 Å². The lowest BCUT2D eigenvalue weighted by atomic mass is 10.2. The summed E-state index contributed by atoms with van der Waals surface area (Å²) >= 11 is 1.34. The summed E-state index contributed by atoms with van der Waals surface area (Å²) in [5.41, 5.74) is 1.43. The molecule has 3 aromatic rings. The van der Waals surface area contributed by atoms with E-state index in [-0.39, 0.29) is 17.0 Å². The number of nitrogens with zero attached hydrogens (tertiary/aromatic N) is 3. The first-order valence-corrected chi connectivity index (χ1v) is 9.04. The van der Waals surface area contributed by atoms with Crippen molar-refractivity contribution in [2.75, 3.05) is 5.32 Å². The molecule has 0 aliphatic rings. The maximum Gasteiger partial charge on any atom is 0.237 e. The van der Waals surface area contributed by atoms with Crippen LogP contribution < -0.4 is 5.32 Å². The number of thioether (sulfide) groups is 1. The van der Waals surface area contributed by atoms with Gasteiger partial charge in [0.25, 0.3) is 0 Å². The van der Waals surface area contributed by atoms with Crippen LogP contribution >= 0.6 is 11.8 Å². The van der Waals surface area contributed by atoms with E-state index in [1.807, 2.05) is 31.5 Å². The molecule has 26 heavy (non-hydrogen) atoms. The van der Waals surface area contributed by atoms with E-state index in [9.17, 15) is 9.18 Å². The van der Waals surface area contributed by atoms with Gasteiger partial charge in [-0.3, -0.25) is 4.79 Å². The van der Waals surface area contributed by atoms with Gasteiger partial charge in [0.05, 0.1) is 17.1 Å². The minimum atomic E-state index is -0.346. The molecule has 0 fully saturated rings. The second-order valence-electron chi connectivity index (χ2n) is 5.77. The Bertz CT molecular complexity index is 904. The van der Waals surface area contributed by atoms with Gasteiger partial charge in [-0.25, -0.2) is 4.39 Å². The Morgan fingerprint density at radius 3 is 2.65 bits per heavy atom. The van der Waals surface area contributed by atoms with Gasteiger partial charge in [0.1, 0.15) is 11.6 Å². The molecule has 0 radical (unpaired) electrons. The van der Waals surface area contributed by atoms with Gasteiger partial charge in [0, 0.05) is 12.7 Å². The van der Waals surface area contributed by atoms with Crippen molar-refractivity contribution >= 4 is 23.4 Å². The molecule has 1 atom stereocenters. The molecule has 0 saturated heterocycles. The van der Waals surface area contributed by atoms with Gasteiger partial charge in [-0.1, -0.05) is 18.7 Å². The molecule has 1 amide bonds. The monoisotopic (exact) mass is 374 g/mol. The van der Waals surface area contributed by atoms with Crippen molar-refractivity contribution in [2.24, 2.45) is 7.05 Å². The summed E-state index contributed by atoms with van der Waals surface area (Å²) in [4.78, 5) is 12.5. The number of benzene rings is 1. The summed E-state index contributed by atoms with van der Waals surface area (Å²) in [7, 11) is 1.86. The highest BCUT2D eigenvalue weighted by Gasteiger charge is 2.22. The number of aromatic nitrogens is 3. The van der Waals surface area contributed by atoms with Crippen molar-refractivity contribution in [1.82, 2.24) is 14.8 Å². The molecule has 3 rings (SSSR count). The topological polar surface area (TPSA) is 73.0 Å². The highest BCUT2D eigenvalue weighted by Crippen LogP contribution is 2.29. The SMILES string of the molecule is CC[C@H](Sc1nnc(-c2ccoc2C)n1C)C(=O)Nc1ccc(F)cc1. The smallest absolute Gasteiger partial charge is 0.237 e. The van der Waals surface area contributed by atoms with Gasteiger partial charge in [-0.15, -0.1) is 10.2 Å². The number of hydrogen-bond acceptors (Lipinski definition) is 5. The maximum atomic E-state index is 13.0. The van der Waals surface area contributed by atoms with Crippen LogP contribution in [0, 0.1) is 12.7 Å². The number of carbonyl (C=O) groups is 1. The number of furan rings is 1. The fourth-order valence-electron chi connectivity index (χ4n) is 2.47. The lowest BCUT2D eigenvalue weighted by Gasteiger charge is -2.14. The summed E-state index contributed by atoms with van der Waals surface area (Å²) < 4.78 is 20.1. The highest BCUT2D eigenvalue weighted by atomic mass is 32.2. The summed E-state index contributed by atoms with van der Waals surface area (Å²) in [6, 6.07) is 7.53. The second kappa shape index (κ2) is 7.74. The molecule has 0 aliphatic carbocycles. The fourth-order valence-corrected chi connectivity index (χ4v) is 3.39. The zero-order valence-corrected chi connectivity index (χ0v) is 15.5. The summed E-state index contributed by atoms with van der Waals surface area (Å²) in [6.45, 7) is 3.79. The minimum Gasteiger partial charge on any atom is -0.469 e. The molecule has 0 spiro atoms. The molecular formula is C18H19FN4O2S. The first-order chi connectivity index (χ1) is 12.5. The Balaban J connectivity index is 1.74. The van der Waals surface area contributed by atoms with Crippen LogP contribution in [0.1, 0.15) is 19.1 Å². The molecule has 2 heterocycles. The molecule has 2 aromatic heterocycles. The molecular weight excluding hydrogens is 355 g/mol. The zero-order chi connectivity index (χ0) is 18.7. The average Bonchev–Trinajstić information content (AvgIpc) is 3.20. The van der Waals surface area contributed by atoms with Crippen LogP contribution in [-0.2, 0) is 11.8 Å². The van der Waals surface area contributed by atoms with Crippen LogP contribution in [0.15, 0.2) is 46.2 Å². The third-order valence-electron chi connectivity index (χ3n) is 3.96. The van der Waals surface area contributed by atoms with Crippen molar-refractivity contribution < 1.29 is 13.6 Å². The molecule has 136 valence electrons. The zero-order valence-electron chi connectivity index (χ0n) is 14.7. The summed E-state index contributed by atoms with van der Waals surface area (Å²) in [5.74, 6) is 0.949. The first kappa shape index (κ1) is 18.2. The molecule has 1 aromatic carbocycles. The van der Waals surface area contributed by atoms with E-state index >= 15 is 0 Å². The Kier molecular flexibility index (Phi) is 5.41. The highest BCUT2D eigenvalue weighted by molar-refractivity contribution is 8.00. The van der Waals surface area contributed by atoms with E-state index in [1.54, 1.807) is 6.26 Å². The lowest BCUT2D eigenvalue weighted by Crippen LogP contribution is -2.25. The number of amides is 1. The van der Waals surface area contributed by atoms with Gasteiger partial charge in [-0.2, -0.15) is 0 Å². The third-order valence-corrected chi connectivity index (χ3v) is 5.36. The van der Waals surface area contributed by atoms with Gasteiger partial charge in [0.15, 0.2) is 11.0 Å². The van der Waals surface area contributed by atoms with Crippen molar-refractivity contribution in [2.45, 2.75) is 30.7 Å². The Hall–Kier alpha value is -2.61. The number of rotatable bonds is 6. The lowest BCUT2D eigenvalue weighted by molar-refractivity contribution is -0.115. The molecule has 0 saturated carbocycles.